The van der Waals surface area contributed by atoms with Crippen LogP contribution in [0, 0.1) is 0 Å². The van der Waals surface area contributed by atoms with E-state index < -0.39 is 0 Å². The molecule has 19 heavy (non-hydrogen) atoms. The molecule has 1 amide bonds. The summed E-state index contributed by atoms with van der Waals surface area (Å²) in [7, 11) is 0. The summed E-state index contributed by atoms with van der Waals surface area (Å²) in [6.07, 6.45) is 3.07. The molecule has 0 aromatic heterocycles. The van der Waals surface area contributed by atoms with Crippen LogP contribution in [-0.2, 0) is 4.79 Å². The Balaban J connectivity index is 2.24. The van der Waals surface area contributed by atoms with E-state index >= 15 is 0 Å². The molecule has 1 aliphatic heterocycles. The van der Waals surface area contributed by atoms with E-state index in [0.717, 1.165) is 42.9 Å². The van der Waals surface area contributed by atoms with Gasteiger partial charge in [0, 0.05) is 17.9 Å². The van der Waals surface area contributed by atoms with Gasteiger partial charge in [-0.15, -0.1) is 11.8 Å². The van der Waals surface area contributed by atoms with E-state index in [4.69, 9.17) is 5.73 Å². The van der Waals surface area contributed by atoms with Crippen LogP contribution in [0.1, 0.15) is 33.1 Å². The van der Waals surface area contributed by atoms with Gasteiger partial charge in [-0.3, -0.25) is 4.79 Å². The summed E-state index contributed by atoms with van der Waals surface area (Å²) in [5.41, 5.74) is 7.40. The van der Waals surface area contributed by atoms with E-state index in [1.165, 1.54) is 0 Å². The minimum absolute atomic E-state index is 0.238. The Bertz CT molecular complexity index is 438. The number of hydrogen-bond donors (Lipinski definition) is 1. The third-order valence-corrected chi connectivity index (χ3v) is 5.08. The summed E-state index contributed by atoms with van der Waals surface area (Å²) in [5.74, 6) is 1.32. The van der Waals surface area contributed by atoms with Gasteiger partial charge in [0.2, 0.25) is 5.91 Å². The van der Waals surface area contributed by atoms with E-state index in [9.17, 15) is 4.79 Å². The fourth-order valence-electron chi connectivity index (χ4n) is 2.46. The lowest BCUT2D eigenvalue weighted by molar-refractivity contribution is -0.120. The minimum atomic E-state index is -0.253. The number of nitrogens with zero attached hydrogens (tertiary/aromatic N) is 1. The molecule has 2 rings (SSSR count). The SMILES string of the molecule is CCCN(C(=O)C1(C)CCCS1)c1ccc(N)cc1. The molecule has 0 saturated carbocycles. The number of rotatable bonds is 4. The molecule has 1 atom stereocenters. The maximum Gasteiger partial charge on any atom is 0.242 e. The number of hydrogen-bond acceptors (Lipinski definition) is 3. The van der Waals surface area contributed by atoms with Gasteiger partial charge in [-0.25, -0.2) is 0 Å². The average molecular weight is 278 g/mol. The number of carbonyl (C=O) groups excluding carboxylic acids is 1. The van der Waals surface area contributed by atoms with Crippen LogP contribution < -0.4 is 10.6 Å². The minimum Gasteiger partial charge on any atom is -0.399 e. The molecule has 0 spiro atoms. The molecule has 0 bridgehead atoms. The van der Waals surface area contributed by atoms with Gasteiger partial charge in [0.05, 0.1) is 4.75 Å². The molecule has 1 unspecified atom stereocenters. The van der Waals surface area contributed by atoms with Crippen LogP contribution in [0.5, 0.6) is 0 Å². The molecular weight excluding hydrogens is 256 g/mol. The van der Waals surface area contributed by atoms with Crippen molar-refractivity contribution >= 4 is 29.0 Å². The summed E-state index contributed by atoms with van der Waals surface area (Å²) >= 11 is 1.79. The second-order valence-corrected chi connectivity index (χ2v) is 6.83. The van der Waals surface area contributed by atoms with Crippen LogP contribution in [0.4, 0.5) is 11.4 Å². The number of nitrogens with two attached hydrogens (primary N) is 1. The molecule has 0 radical (unpaired) electrons. The number of amides is 1. The Kier molecular flexibility index (Phi) is 4.40. The number of thioether (sulfide) groups is 1. The van der Waals surface area contributed by atoms with Crippen LogP contribution >= 0.6 is 11.8 Å². The lowest BCUT2D eigenvalue weighted by Crippen LogP contribution is -2.44. The fourth-order valence-corrected chi connectivity index (χ4v) is 3.72. The Morgan fingerprint density at radius 3 is 2.63 bits per heavy atom. The second kappa shape index (κ2) is 5.87. The molecule has 1 saturated heterocycles. The van der Waals surface area contributed by atoms with Crippen molar-refractivity contribution in [2.24, 2.45) is 0 Å². The average Bonchev–Trinajstić information content (AvgIpc) is 2.85. The number of carbonyl (C=O) groups is 1. The molecule has 104 valence electrons. The quantitative estimate of drug-likeness (QED) is 0.860. The third-order valence-electron chi connectivity index (χ3n) is 3.57. The molecule has 1 aromatic rings. The standard InChI is InChI=1S/C15H22N2OS/c1-3-10-17(13-7-5-12(16)6-8-13)14(18)15(2)9-4-11-19-15/h5-8H,3-4,9-11,16H2,1-2H3. The third kappa shape index (κ3) is 3.06. The summed E-state index contributed by atoms with van der Waals surface area (Å²) in [5, 5.41) is 0. The molecule has 3 nitrogen and oxygen atoms in total. The summed E-state index contributed by atoms with van der Waals surface area (Å²) in [4.78, 5) is 14.7. The largest absolute Gasteiger partial charge is 0.399 e. The Morgan fingerprint density at radius 2 is 2.11 bits per heavy atom. The normalized spacial score (nSPS) is 22.4. The lowest BCUT2D eigenvalue weighted by atomic mass is 10.0. The summed E-state index contributed by atoms with van der Waals surface area (Å²) < 4.78 is -0.253. The lowest BCUT2D eigenvalue weighted by Gasteiger charge is -2.31. The molecule has 1 fully saturated rings. The van der Waals surface area contributed by atoms with E-state index in [0.29, 0.717) is 0 Å². The summed E-state index contributed by atoms with van der Waals surface area (Å²) in [6, 6.07) is 7.59. The zero-order valence-corrected chi connectivity index (χ0v) is 12.5. The Hall–Kier alpha value is -1.16. The van der Waals surface area contributed by atoms with Gasteiger partial charge in [0.25, 0.3) is 0 Å². The molecule has 1 heterocycles. The number of benzene rings is 1. The Morgan fingerprint density at radius 1 is 1.42 bits per heavy atom. The number of anilines is 2. The predicted octanol–water partition coefficient (Wildman–Crippen LogP) is 3.30. The smallest absolute Gasteiger partial charge is 0.242 e. The zero-order chi connectivity index (χ0) is 13.9. The van der Waals surface area contributed by atoms with Crippen molar-refractivity contribution in [3.05, 3.63) is 24.3 Å². The highest BCUT2D eigenvalue weighted by Gasteiger charge is 2.40. The molecular formula is C15H22N2OS. The molecule has 0 aliphatic carbocycles. The first kappa shape index (κ1) is 14.3. The van der Waals surface area contributed by atoms with Crippen molar-refractivity contribution < 1.29 is 4.79 Å². The van der Waals surface area contributed by atoms with E-state index in [-0.39, 0.29) is 10.7 Å². The molecule has 1 aromatic carbocycles. The van der Waals surface area contributed by atoms with Gasteiger partial charge < -0.3 is 10.6 Å². The van der Waals surface area contributed by atoms with Crippen molar-refractivity contribution in [3.8, 4) is 0 Å². The molecule has 1 aliphatic rings. The van der Waals surface area contributed by atoms with Crippen LogP contribution in [0.15, 0.2) is 24.3 Å². The van der Waals surface area contributed by atoms with Gasteiger partial charge in [-0.05, 0) is 56.2 Å². The predicted molar refractivity (Wildman–Crippen MR) is 83.6 cm³/mol. The zero-order valence-electron chi connectivity index (χ0n) is 11.7. The molecule has 4 heteroatoms. The fraction of sp³-hybridized carbons (Fsp3) is 0.533. The Labute approximate surface area is 119 Å². The van der Waals surface area contributed by atoms with Crippen LogP contribution in [-0.4, -0.2) is 23.0 Å². The van der Waals surface area contributed by atoms with E-state index in [1.54, 1.807) is 11.8 Å². The van der Waals surface area contributed by atoms with Crippen molar-refractivity contribution in [1.29, 1.82) is 0 Å². The number of nitrogen functional groups attached to an aromatic ring is 1. The highest BCUT2D eigenvalue weighted by Crippen LogP contribution is 2.40. The first-order valence-corrected chi connectivity index (χ1v) is 7.87. The van der Waals surface area contributed by atoms with E-state index in [1.807, 2.05) is 29.2 Å². The van der Waals surface area contributed by atoms with E-state index in [2.05, 4.69) is 13.8 Å². The highest BCUT2D eigenvalue weighted by atomic mass is 32.2. The van der Waals surface area contributed by atoms with Crippen molar-refractivity contribution in [2.45, 2.75) is 37.9 Å². The molecule has 2 N–H and O–H groups in total. The van der Waals surface area contributed by atoms with Crippen LogP contribution in [0.25, 0.3) is 0 Å². The van der Waals surface area contributed by atoms with Gasteiger partial charge in [0.15, 0.2) is 0 Å². The second-order valence-electron chi connectivity index (χ2n) is 5.23. The van der Waals surface area contributed by atoms with Crippen molar-refractivity contribution in [1.82, 2.24) is 0 Å². The van der Waals surface area contributed by atoms with Crippen molar-refractivity contribution in [2.75, 3.05) is 22.9 Å². The maximum atomic E-state index is 12.8. The van der Waals surface area contributed by atoms with Gasteiger partial charge >= 0.3 is 0 Å². The summed E-state index contributed by atoms with van der Waals surface area (Å²) in [6.45, 7) is 4.94. The van der Waals surface area contributed by atoms with Crippen LogP contribution in [0.3, 0.4) is 0 Å². The van der Waals surface area contributed by atoms with Gasteiger partial charge in [-0.1, -0.05) is 6.92 Å². The van der Waals surface area contributed by atoms with Crippen LogP contribution in [0.2, 0.25) is 0 Å². The first-order valence-electron chi connectivity index (χ1n) is 6.88. The van der Waals surface area contributed by atoms with Gasteiger partial charge in [-0.2, -0.15) is 0 Å². The van der Waals surface area contributed by atoms with Gasteiger partial charge in [0.1, 0.15) is 0 Å². The first-order chi connectivity index (χ1) is 9.07. The maximum absolute atomic E-state index is 12.8. The monoisotopic (exact) mass is 278 g/mol. The topological polar surface area (TPSA) is 46.3 Å². The van der Waals surface area contributed by atoms with Crippen molar-refractivity contribution in [3.63, 3.8) is 0 Å². The highest BCUT2D eigenvalue weighted by molar-refractivity contribution is 8.01.